The van der Waals surface area contributed by atoms with E-state index in [1.54, 1.807) is 10.7 Å². The molecule has 5 heteroatoms. The molecular formula is C11H14N4O. The van der Waals surface area contributed by atoms with Gasteiger partial charge in [-0.25, -0.2) is 9.50 Å². The van der Waals surface area contributed by atoms with E-state index in [2.05, 4.69) is 10.1 Å². The average molecular weight is 218 g/mol. The number of rotatable bonds is 1. The lowest BCUT2D eigenvalue weighted by molar-refractivity contribution is 0.0802. The number of hydrogen-bond donors (Lipinski definition) is 1. The zero-order valence-corrected chi connectivity index (χ0v) is 8.97. The van der Waals surface area contributed by atoms with Gasteiger partial charge in [-0.1, -0.05) is 0 Å². The number of nitrogens with two attached hydrogens (primary N) is 1. The Morgan fingerprint density at radius 3 is 3.19 bits per heavy atom. The third-order valence-corrected chi connectivity index (χ3v) is 3.04. The third-order valence-electron chi connectivity index (χ3n) is 3.04. The number of hydrogen-bond acceptors (Lipinski definition) is 4. The lowest BCUT2D eigenvalue weighted by Gasteiger charge is -2.21. The molecule has 0 aliphatic carbocycles. The molecule has 1 fully saturated rings. The van der Waals surface area contributed by atoms with Crippen molar-refractivity contribution in [2.75, 3.05) is 18.9 Å². The van der Waals surface area contributed by atoms with Gasteiger partial charge in [0.05, 0.1) is 18.5 Å². The molecule has 5 nitrogen and oxygen atoms in total. The molecule has 1 aliphatic rings. The van der Waals surface area contributed by atoms with Crippen molar-refractivity contribution in [3.8, 4) is 0 Å². The normalized spacial score (nSPS) is 21.4. The van der Waals surface area contributed by atoms with E-state index >= 15 is 0 Å². The largest absolute Gasteiger partial charge is 0.394 e. The van der Waals surface area contributed by atoms with E-state index < -0.39 is 0 Å². The van der Waals surface area contributed by atoms with Gasteiger partial charge in [0.15, 0.2) is 5.65 Å². The second kappa shape index (κ2) is 3.75. The van der Waals surface area contributed by atoms with Crippen LogP contribution in [0, 0.1) is 0 Å². The highest BCUT2D eigenvalue weighted by Crippen LogP contribution is 2.25. The smallest absolute Gasteiger partial charge is 0.178 e. The van der Waals surface area contributed by atoms with Crippen LogP contribution in [0.5, 0.6) is 0 Å². The fourth-order valence-corrected chi connectivity index (χ4v) is 2.12. The van der Waals surface area contributed by atoms with E-state index in [9.17, 15) is 0 Å². The molecule has 1 saturated heterocycles. The number of aromatic nitrogens is 3. The van der Waals surface area contributed by atoms with Gasteiger partial charge in [0.1, 0.15) is 0 Å². The van der Waals surface area contributed by atoms with Crippen molar-refractivity contribution in [3.05, 3.63) is 24.2 Å². The van der Waals surface area contributed by atoms with Gasteiger partial charge in [-0.2, -0.15) is 5.10 Å². The van der Waals surface area contributed by atoms with E-state index in [4.69, 9.17) is 10.5 Å². The molecule has 2 N–H and O–H groups in total. The van der Waals surface area contributed by atoms with Gasteiger partial charge in [-0.3, -0.25) is 0 Å². The monoisotopic (exact) mass is 218 g/mol. The summed E-state index contributed by atoms with van der Waals surface area (Å²) in [5.74, 6) is 0.441. The summed E-state index contributed by atoms with van der Waals surface area (Å²) in [4.78, 5) is 4.34. The maximum absolute atomic E-state index is 5.73. The minimum Gasteiger partial charge on any atom is -0.394 e. The second-order valence-electron chi connectivity index (χ2n) is 4.17. The van der Waals surface area contributed by atoms with Crippen LogP contribution in [0.4, 0.5) is 5.69 Å². The minimum absolute atomic E-state index is 0.441. The van der Waals surface area contributed by atoms with Crippen LogP contribution >= 0.6 is 0 Å². The van der Waals surface area contributed by atoms with Crippen molar-refractivity contribution in [2.45, 2.75) is 18.8 Å². The first-order valence-electron chi connectivity index (χ1n) is 5.51. The molecule has 3 heterocycles. The van der Waals surface area contributed by atoms with E-state index in [0.29, 0.717) is 11.6 Å². The predicted molar refractivity (Wildman–Crippen MR) is 60.2 cm³/mol. The summed E-state index contributed by atoms with van der Waals surface area (Å²) in [5, 5.41) is 4.16. The highest BCUT2D eigenvalue weighted by Gasteiger charge is 2.17. The lowest BCUT2D eigenvalue weighted by Crippen LogP contribution is -2.16. The van der Waals surface area contributed by atoms with Crippen LogP contribution in [0.15, 0.2) is 18.6 Å². The molecule has 1 aliphatic heterocycles. The van der Waals surface area contributed by atoms with Gasteiger partial charge in [0.2, 0.25) is 0 Å². The van der Waals surface area contributed by atoms with Crippen LogP contribution in [0.3, 0.4) is 0 Å². The summed E-state index contributed by atoms with van der Waals surface area (Å²) >= 11 is 0. The molecular weight excluding hydrogens is 204 g/mol. The van der Waals surface area contributed by atoms with Crippen LogP contribution in [-0.4, -0.2) is 27.8 Å². The second-order valence-corrected chi connectivity index (χ2v) is 4.17. The molecule has 2 aromatic heterocycles. The van der Waals surface area contributed by atoms with Gasteiger partial charge < -0.3 is 10.5 Å². The molecule has 0 aromatic carbocycles. The summed E-state index contributed by atoms with van der Waals surface area (Å²) < 4.78 is 7.21. The molecule has 3 rings (SSSR count). The Hall–Kier alpha value is -1.62. The van der Waals surface area contributed by atoms with Crippen molar-refractivity contribution in [3.63, 3.8) is 0 Å². The van der Waals surface area contributed by atoms with Crippen molar-refractivity contribution >= 4 is 11.3 Å². The van der Waals surface area contributed by atoms with Crippen molar-refractivity contribution in [1.82, 2.24) is 14.6 Å². The SMILES string of the molecule is Nc1cnn2cc(C3CCCOC3)cnc12. The van der Waals surface area contributed by atoms with Gasteiger partial charge in [0, 0.05) is 24.9 Å². The van der Waals surface area contributed by atoms with Crippen LogP contribution < -0.4 is 5.73 Å². The topological polar surface area (TPSA) is 65.4 Å². The number of anilines is 1. The van der Waals surface area contributed by atoms with E-state index in [1.807, 2.05) is 12.4 Å². The maximum Gasteiger partial charge on any atom is 0.178 e. The number of nitrogens with zero attached hydrogens (tertiary/aromatic N) is 3. The lowest BCUT2D eigenvalue weighted by atomic mass is 9.96. The van der Waals surface area contributed by atoms with Gasteiger partial charge >= 0.3 is 0 Å². The highest BCUT2D eigenvalue weighted by molar-refractivity contribution is 5.62. The Morgan fingerprint density at radius 1 is 1.44 bits per heavy atom. The summed E-state index contributed by atoms with van der Waals surface area (Å²) in [6.07, 6.45) is 7.78. The van der Waals surface area contributed by atoms with Crippen molar-refractivity contribution in [1.29, 1.82) is 0 Å². The molecule has 84 valence electrons. The zero-order valence-electron chi connectivity index (χ0n) is 8.97. The number of fused-ring (bicyclic) bond motifs is 1. The molecule has 0 radical (unpaired) electrons. The Kier molecular flexibility index (Phi) is 2.25. The van der Waals surface area contributed by atoms with Crippen LogP contribution in [-0.2, 0) is 4.74 Å². The maximum atomic E-state index is 5.73. The van der Waals surface area contributed by atoms with Gasteiger partial charge in [-0.15, -0.1) is 0 Å². The molecule has 0 bridgehead atoms. The fourth-order valence-electron chi connectivity index (χ4n) is 2.12. The van der Waals surface area contributed by atoms with Gasteiger partial charge in [0.25, 0.3) is 0 Å². The van der Waals surface area contributed by atoms with E-state index in [-0.39, 0.29) is 0 Å². The van der Waals surface area contributed by atoms with Crippen molar-refractivity contribution in [2.24, 2.45) is 0 Å². The summed E-state index contributed by atoms with van der Waals surface area (Å²) in [6.45, 7) is 1.66. The average Bonchev–Trinajstić information content (AvgIpc) is 2.72. The van der Waals surface area contributed by atoms with Crippen LogP contribution in [0.2, 0.25) is 0 Å². The minimum atomic E-state index is 0.441. The summed E-state index contributed by atoms with van der Waals surface area (Å²) in [7, 11) is 0. The van der Waals surface area contributed by atoms with E-state index in [1.165, 1.54) is 5.56 Å². The summed E-state index contributed by atoms with van der Waals surface area (Å²) in [6, 6.07) is 0. The zero-order chi connectivity index (χ0) is 11.0. The first-order chi connectivity index (χ1) is 7.84. The fraction of sp³-hybridized carbons (Fsp3) is 0.455. The first kappa shape index (κ1) is 9.59. The quantitative estimate of drug-likeness (QED) is 0.781. The van der Waals surface area contributed by atoms with Crippen molar-refractivity contribution < 1.29 is 4.74 Å². The third kappa shape index (κ3) is 1.53. The molecule has 0 amide bonds. The predicted octanol–water partition coefficient (Wildman–Crippen LogP) is 1.21. The molecule has 1 atom stereocenters. The van der Waals surface area contributed by atoms with Gasteiger partial charge in [-0.05, 0) is 18.4 Å². The molecule has 16 heavy (non-hydrogen) atoms. The number of ether oxygens (including phenoxy) is 1. The standard InChI is InChI=1S/C11H14N4O/c12-10-5-14-15-6-9(4-13-11(10)15)8-2-1-3-16-7-8/h4-6,8H,1-3,7,12H2. The first-order valence-corrected chi connectivity index (χ1v) is 5.51. The van der Waals surface area contributed by atoms with E-state index in [0.717, 1.165) is 31.7 Å². The molecule has 2 aromatic rings. The van der Waals surface area contributed by atoms with Crippen LogP contribution in [0.1, 0.15) is 24.3 Å². The Morgan fingerprint density at radius 2 is 2.38 bits per heavy atom. The molecule has 1 unspecified atom stereocenters. The highest BCUT2D eigenvalue weighted by atomic mass is 16.5. The molecule has 0 spiro atoms. The number of nitrogen functional groups attached to an aromatic ring is 1. The summed E-state index contributed by atoms with van der Waals surface area (Å²) in [5.41, 5.74) is 8.25. The van der Waals surface area contributed by atoms with Crippen LogP contribution in [0.25, 0.3) is 5.65 Å². The Labute approximate surface area is 93.2 Å². The molecule has 0 saturated carbocycles. The Bertz CT molecular complexity index is 502. The Balaban J connectivity index is 1.97.